The standard InChI is InChI=1S/C18H17N3O/c1-21(2)15-10-8-13(9-11-15)16-12-17(22)20-18(19-16)14-6-4-3-5-7-14/h3-12H,1-2H3,(H,19,20,22). The van der Waals surface area contributed by atoms with Gasteiger partial charge >= 0.3 is 0 Å². The second-order valence-corrected chi connectivity index (χ2v) is 5.29. The van der Waals surface area contributed by atoms with E-state index in [9.17, 15) is 4.79 Å². The van der Waals surface area contributed by atoms with Crippen LogP contribution in [-0.4, -0.2) is 24.1 Å². The van der Waals surface area contributed by atoms with Crippen molar-refractivity contribution in [3.05, 3.63) is 71.0 Å². The molecule has 0 aliphatic rings. The van der Waals surface area contributed by atoms with Gasteiger partial charge in [-0.05, 0) is 12.1 Å². The molecular formula is C18H17N3O. The van der Waals surface area contributed by atoms with E-state index in [1.165, 1.54) is 6.07 Å². The summed E-state index contributed by atoms with van der Waals surface area (Å²) < 4.78 is 0. The van der Waals surface area contributed by atoms with Crippen molar-refractivity contribution in [3.8, 4) is 22.6 Å². The second kappa shape index (κ2) is 5.85. The molecular weight excluding hydrogens is 274 g/mol. The van der Waals surface area contributed by atoms with Crippen LogP contribution in [0.1, 0.15) is 0 Å². The lowest BCUT2D eigenvalue weighted by Gasteiger charge is -2.12. The molecule has 0 fully saturated rings. The summed E-state index contributed by atoms with van der Waals surface area (Å²) in [7, 11) is 3.99. The third-order valence-electron chi connectivity index (χ3n) is 3.47. The Labute approximate surface area is 129 Å². The lowest BCUT2D eigenvalue weighted by Crippen LogP contribution is -2.09. The first-order chi connectivity index (χ1) is 10.6. The zero-order chi connectivity index (χ0) is 15.5. The molecule has 3 aromatic rings. The van der Waals surface area contributed by atoms with Crippen LogP contribution in [0.4, 0.5) is 5.69 Å². The SMILES string of the molecule is CN(C)c1ccc(-c2cc(=O)[nH]c(-c3ccccc3)n2)cc1. The topological polar surface area (TPSA) is 49.0 Å². The van der Waals surface area contributed by atoms with Crippen molar-refractivity contribution in [3.63, 3.8) is 0 Å². The Hall–Kier alpha value is -2.88. The number of benzene rings is 2. The molecule has 4 heteroatoms. The summed E-state index contributed by atoms with van der Waals surface area (Å²) in [6, 6.07) is 19.2. The van der Waals surface area contributed by atoms with Gasteiger partial charge in [0.1, 0.15) is 5.82 Å². The van der Waals surface area contributed by atoms with Crippen molar-refractivity contribution in [1.82, 2.24) is 9.97 Å². The van der Waals surface area contributed by atoms with E-state index in [2.05, 4.69) is 9.97 Å². The maximum Gasteiger partial charge on any atom is 0.251 e. The van der Waals surface area contributed by atoms with E-state index < -0.39 is 0 Å². The number of anilines is 1. The highest BCUT2D eigenvalue weighted by Crippen LogP contribution is 2.22. The first kappa shape index (κ1) is 14.1. The zero-order valence-corrected chi connectivity index (χ0v) is 12.6. The molecule has 1 heterocycles. The summed E-state index contributed by atoms with van der Waals surface area (Å²) in [4.78, 5) is 21.3. The fourth-order valence-corrected chi connectivity index (χ4v) is 2.27. The Balaban J connectivity index is 2.04. The highest BCUT2D eigenvalue weighted by Gasteiger charge is 2.06. The van der Waals surface area contributed by atoms with Crippen LogP contribution < -0.4 is 10.5 Å². The van der Waals surface area contributed by atoms with Gasteiger partial charge in [-0.15, -0.1) is 0 Å². The van der Waals surface area contributed by atoms with E-state index in [1.807, 2.05) is 73.6 Å². The predicted molar refractivity (Wildman–Crippen MR) is 90.1 cm³/mol. The van der Waals surface area contributed by atoms with Gasteiger partial charge in [-0.2, -0.15) is 0 Å². The highest BCUT2D eigenvalue weighted by atomic mass is 16.1. The number of nitrogens with zero attached hydrogens (tertiary/aromatic N) is 2. The molecule has 2 aromatic carbocycles. The summed E-state index contributed by atoms with van der Waals surface area (Å²) in [5, 5.41) is 0. The smallest absolute Gasteiger partial charge is 0.251 e. The number of hydrogen-bond donors (Lipinski definition) is 1. The molecule has 0 aliphatic heterocycles. The number of rotatable bonds is 3. The van der Waals surface area contributed by atoms with Crippen molar-refractivity contribution in [2.24, 2.45) is 0 Å². The van der Waals surface area contributed by atoms with Gasteiger partial charge in [0.15, 0.2) is 0 Å². The zero-order valence-electron chi connectivity index (χ0n) is 12.6. The molecule has 22 heavy (non-hydrogen) atoms. The van der Waals surface area contributed by atoms with Crippen LogP contribution >= 0.6 is 0 Å². The third-order valence-corrected chi connectivity index (χ3v) is 3.47. The minimum absolute atomic E-state index is 0.152. The van der Waals surface area contributed by atoms with Gasteiger partial charge in [0.05, 0.1) is 5.69 Å². The van der Waals surface area contributed by atoms with Crippen LogP contribution in [0.2, 0.25) is 0 Å². The minimum atomic E-state index is -0.152. The number of nitrogens with one attached hydrogen (secondary N) is 1. The first-order valence-electron chi connectivity index (χ1n) is 7.08. The summed E-state index contributed by atoms with van der Waals surface area (Å²) in [6.07, 6.45) is 0. The van der Waals surface area contributed by atoms with E-state index in [1.54, 1.807) is 0 Å². The summed E-state index contributed by atoms with van der Waals surface area (Å²) in [6.45, 7) is 0. The fourth-order valence-electron chi connectivity index (χ4n) is 2.27. The molecule has 0 amide bonds. The van der Waals surface area contributed by atoms with Gasteiger partial charge in [-0.3, -0.25) is 4.79 Å². The molecule has 0 bridgehead atoms. The molecule has 0 saturated carbocycles. The number of aromatic amines is 1. The number of aromatic nitrogens is 2. The van der Waals surface area contributed by atoms with Gasteiger partial charge < -0.3 is 9.88 Å². The molecule has 1 N–H and O–H groups in total. The van der Waals surface area contributed by atoms with E-state index in [4.69, 9.17) is 0 Å². The van der Waals surface area contributed by atoms with E-state index in [0.29, 0.717) is 11.5 Å². The van der Waals surface area contributed by atoms with Crippen molar-refractivity contribution in [1.29, 1.82) is 0 Å². The Morgan fingerprint density at radius 2 is 1.59 bits per heavy atom. The molecule has 0 spiro atoms. The lowest BCUT2D eigenvalue weighted by molar-refractivity contribution is 1.12. The van der Waals surface area contributed by atoms with E-state index >= 15 is 0 Å². The minimum Gasteiger partial charge on any atom is -0.378 e. The lowest BCUT2D eigenvalue weighted by atomic mass is 10.1. The molecule has 0 atom stereocenters. The fraction of sp³-hybridized carbons (Fsp3) is 0.111. The van der Waals surface area contributed by atoms with Crippen LogP contribution in [0.25, 0.3) is 22.6 Å². The van der Waals surface area contributed by atoms with Crippen molar-refractivity contribution in [2.45, 2.75) is 0 Å². The molecule has 0 radical (unpaired) electrons. The maximum absolute atomic E-state index is 11.9. The second-order valence-electron chi connectivity index (χ2n) is 5.29. The molecule has 110 valence electrons. The third kappa shape index (κ3) is 2.91. The predicted octanol–water partition coefficient (Wildman–Crippen LogP) is 3.17. The largest absolute Gasteiger partial charge is 0.378 e. The Kier molecular flexibility index (Phi) is 3.74. The van der Waals surface area contributed by atoms with Crippen molar-refractivity contribution in [2.75, 3.05) is 19.0 Å². The van der Waals surface area contributed by atoms with Gasteiger partial charge in [-0.25, -0.2) is 4.98 Å². The van der Waals surface area contributed by atoms with Crippen LogP contribution in [-0.2, 0) is 0 Å². The average Bonchev–Trinajstić information content (AvgIpc) is 2.55. The van der Waals surface area contributed by atoms with E-state index in [-0.39, 0.29) is 5.56 Å². The van der Waals surface area contributed by atoms with Gasteiger partial charge in [0.25, 0.3) is 5.56 Å². The first-order valence-corrected chi connectivity index (χ1v) is 7.08. The molecule has 0 aliphatic carbocycles. The summed E-state index contributed by atoms with van der Waals surface area (Å²) >= 11 is 0. The quantitative estimate of drug-likeness (QED) is 0.806. The number of hydrogen-bond acceptors (Lipinski definition) is 3. The van der Waals surface area contributed by atoms with Crippen LogP contribution in [0, 0.1) is 0 Å². The molecule has 1 aromatic heterocycles. The van der Waals surface area contributed by atoms with Crippen LogP contribution in [0.5, 0.6) is 0 Å². The summed E-state index contributed by atoms with van der Waals surface area (Å²) in [5.74, 6) is 0.583. The Morgan fingerprint density at radius 1 is 0.909 bits per heavy atom. The van der Waals surface area contributed by atoms with Crippen LogP contribution in [0.15, 0.2) is 65.5 Å². The number of H-pyrrole nitrogens is 1. The van der Waals surface area contributed by atoms with Gasteiger partial charge in [0, 0.05) is 37.0 Å². The maximum atomic E-state index is 11.9. The summed E-state index contributed by atoms with van der Waals surface area (Å²) in [5.41, 5.74) is 3.45. The molecule has 0 saturated heterocycles. The Morgan fingerprint density at radius 3 is 2.23 bits per heavy atom. The van der Waals surface area contributed by atoms with E-state index in [0.717, 1.165) is 16.8 Å². The van der Waals surface area contributed by atoms with Crippen molar-refractivity contribution >= 4 is 5.69 Å². The average molecular weight is 291 g/mol. The van der Waals surface area contributed by atoms with Gasteiger partial charge in [0.2, 0.25) is 0 Å². The van der Waals surface area contributed by atoms with Crippen LogP contribution in [0.3, 0.4) is 0 Å². The van der Waals surface area contributed by atoms with Crippen molar-refractivity contribution < 1.29 is 0 Å². The normalized spacial score (nSPS) is 10.5. The monoisotopic (exact) mass is 291 g/mol. The molecule has 0 unspecified atom stereocenters. The molecule has 3 rings (SSSR count). The Bertz CT molecular complexity index is 821. The molecule has 4 nitrogen and oxygen atoms in total. The highest BCUT2D eigenvalue weighted by molar-refractivity contribution is 5.65. The van der Waals surface area contributed by atoms with Gasteiger partial charge in [-0.1, -0.05) is 42.5 Å².